The molecule has 0 saturated heterocycles. The lowest BCUT2D eigenvalue weighted by Gasteiger charge is -2.04. The zero-order valence-corrected chi connectivity index (χ0v) is 10.0. The number of hydrogen-bond donors (Lipinski definition) is 0. The number of hydrogen-bond acceptors (Lipinski definition) is 1. The van der Waals surface area contributed by atoms with Crippen molar-refractivity contribution in [3.63, 3.8) is 0 Å². The highest BCUT2D eigenvalue weighted by Gasteiger charge is 2.08. The first kappa shape index (κ1) is 10.2. The summed E-state index contributed by atoms with van der Waals surface area (Å²) in [4.78, 5) is 0. The Labute approximate surface area is 94.8 Å². The predicted octanol–water partition coefficient (Wildman–Crippen LogP) is 3.16. The first-order chi connectivity index (χ1) is 7.13. The SMILES string of the molecule is Cc1c(C)n(-c2ccccc2)c(=S)n1C. The summed E-state index contributed by atoms with van der Waals surface area (Å²) in [5.41, 5.74) is 3.54. The van der Waals surface area contributed by atoms with Gasteiger partial charge in [-0.25, -0.2) is 0 Å². The van der Waals surface area contributed by atoms with Crippen molar-refractivity contribution < 1.29 is 0 Å². The van der Waals surface area contributed by atoms with E-state index >= 15 is 0 Å². The second kappa shape index (κ2) is 3.66. The molecule has 1 aromatic carbocycles. The van der Waals surface area contributed by atoms with Gasteiger partial charge in [0, 0.05) is 24.1 Å². The molecule has 0 aliphatic heterocycles. The third-order valence-electron chi connectivity index (χ3n) is 2.85. The van der Waals surface area contributed by atoms with Gasteiger partial charge in [0.05, 0.1) is 0 Å². The lowest BCUT2D eigenvalue weighted by molar-refractivity contribution is 0.837. The third-order valence-corrected chi connectivity index (χ3v) is 3.31. The van der Waals surface area contributed by atoms with Crippen LogP contribution in [0.3, 0.4) is 0 Å². The maximum Gasteiger partial charge on any atom is 0.184 e. The van der Waals surface area contributed by atoms with Crippen LogP contribution in [0, 0.1) is 18.6 Å². The fourth-order valence-electron chi connectivity index (χ4n) is 1.72. The molecule has 0 unspecified atom stereocenters. The van der Waals surface area contributed by atoms with Gasteiger partial charge in [0.2, 0.25) is 0 Å². The standard InChI is InChI=1S/C12H14N2S/c1-9-10(2)14(12(15)13(9)3)11-7-5-4-6-8-11/h4-8H,1-3H3. The normalized spacial score (nSPS) is 10.6. The number of benzene rings is 1. The van der Waals surface area contributed by atoms with E-state index in [1.165, 1.54) is 11.4 Å². The molecule has 0 spiro atoms. The lowest BCUT2D eigenvalue weighted by Crippen LogP contribution is -1.96. The smallest absolute Gasteiger partial charge is 0.184 e. The number of nitrogens with zero attached hydrogens (tertiary/aromatic N) is 2. The molecule has 78 valence electrons. The van der Waals surface area contributed by atoms with Gasteiger partial charge in [0.1, 0.15) is 0 Å². The zero-order chi connectivity index (χ0) is 11.0. The average Bonchev–Trinajstić information content (AvgIpc) is 2.45. The Hall–Kier alpha value is -1.35. The van der Waals surface area contributed by atoms with Crippen LogP contribution in [0.25, 0.3) is 5.69 Å². The number of imidazole rings is 1. The van der Waals surface area contributed by atoms with E-state index in [4.69, 9.17) is 12.2 Å². The Morgan fingerprint density at radius 2 is 1.60 bits per heavy atom. The summed E-state index contributed by atoms with van der Waals surface area (Å²) in [7, 11) is 2.00. The van der Waals surface area contributed by atoms with E-state index < -0.39 is 0 Å². The van der Waals surface area contributed by atoms with E-state index in [0.717, 1.165) is 10.5 Å². The minimum atomic E-state index is 0.844. The van der Waals surface area contributed by atoms with Gasteiger partial charge in [0.25, 0.3) is 0 Å². The Bertz CT molecular complexity index is 535. The highest BCUT2D eigenvalue weighted by Crippen LogP contribution is 2.16. The highest BCUT2D eigenvalue weighted by molar-refractivity contribution is 7.71. The molecule has 0 aliphatic carbocycles. The van der Waals surface area contributed by atoms with Gasteiger partial charge < -0.3 is 4.57 Å². The fourth-order valence-corrected chi connectivity index (χ4v) is 2.10. The summed E-state index contributed by atoms with van der Waals surface area (Å²) >= 11 is 5.41. The Morgan fingerprint density at radius 3 is 2.07 bits per heavy atom. The first-order valence-corrected chi connectivity index (χ1v) is 5.34. The molecule has 2 nitrogen and oxygen atoms in total. The molecule has 0 amide bonds. The van der Waals surface area contributed by atoms with Gasteiger partial charge >= 0.3 is 0 Å². The topological polar surface area (TPSA) is 9.86 Å². The van der Waals surface area contributed by atoms with E-state index in [2.05, 4.69) is 30.5 Å². The van der Waals surface area contributed by atoms with Crippen molar-refractivity contribution in [3.05, 3.63) is 46.5 Å². The van der Waals surface area contributed by atoms with Crippen LogP contribution in [0.15, 0.2) is 30.3 Å². The molecule has 0 radical (unpaired) electrons. The minimum Gasteiger partial charge on any atom is -0.324 e. The highest BCUT2D eigenvalue weighted by atomic mass is 32.1. The molecule has 0 atom stereocenters. The van der Waals surface area contributed by atoms with Gasteiger partial charge in [-0.3, -0.25) is 4.57 Å². The largest absolute Gasteiger partial charge is 0.324 e. The van der Waals surface area contributed by atoms with Crippen LogP contribution < -0.4 is 0 Å². The Balaban J connectivity index is 2.75. The number of para-hydroxylation sites is 1. The average molecular weight is 218 g/mol. The van der Waals surface area contributed by atoms with Crippen LogP contribution in [0.2, 0.25) is 0 Å². The molecule has 3 heteroatoms. The molecule has 0 saturated carbocycles. The van der Waals surface area contributed by atoms with Crippen LogP contribution in [0.1, 0.15) is 11.4 Å². The minimum absolute atomic E-state index is 0.844. The van der Waals surface area contributed by atoms with Crippen LogP contribution in [-0.4, -0.2) is 9.13 Å². The van der Waals surface area contributed by atoms with Gasteiger partial charge in [-0.2, -0.15) is 0 Å². The lowest BCUT2D eigenvalue weighted by atomic mass is 10.3. The summed E-state index contributed by atoms with van der Waals surface area (Å²) in [6.45, 7) is 4.18. The molecule has 0 aliphatic rings. The monoisotopic (exact) mass is 218 g/mol. The van der Waals surface area contributed by atoms with Gasteiger partial charge in [-0.15, -0.1) is 0 Å². The third kappa shape index (κ3) is 1.53. The van der Waals surface area contributed by atoms with Crippen LogP contribution in [-0.2, 0) is 7.05 Å². The molecule has 2 aromatic rings. The fraction of sp³-hybridized carbons (Fsp3) is 0.250. The van der Waals surface area contributed by atoms with Crippen molar-refractivity contribution in [2.24, 2.45) is 7.05 Å². The Morgan fingerprint density at radius 1 is 1.00 bits per heavy atom. The number of aromatic nitrogens is 2. The molecular weight excluding hydrogens is 204 g/mol. The van der Waals surface area contributed by atoms with E-state index in [9.17, 15) is 0 Å². The second-order valence-corrected chi connectivity index (χ2v) is 4.05. The van der Waals surface area contributed by atoms with Crippen molar-refractivity contribution in [2.75, 3.05) is 0 Å². The van der Waals surface area contributed by atoms with Crippen LogP contribution >= 0.6 is 12.2 Å². The van der Waals surface area contributed by atoms with Crippen LogP contribution in [0.4, 0.5) is 0 Å². The van der Waals surface area contributed by atoms with Crippen LogP contribution in [0.5, 0.6) is 0 Å². The molecule has 2 rings (SSSR count). The maximum atomic E-state index is 5.41. The van der Waals surface area contributed by atoms with Crippen molar-refractivity contribution in [1.29, 1.82) is 0 Å². The van der Waals surface area contributed by atoms with E-state index in [0.29, 0.717) is 0 Å². The van der Waals surface area contributed by atoms with Crippen molar-refractivity contribution in [1.82, 2.24) is 9.13 Å². The predicted molar refractivity (Wildman–Crippen MR) is 65.0 cm³/mol. The summed E-state index contributed by atoms with van der Waals surface area (Å²) in [5.74, 6) is 0. The second-order valence-electron chi connectivity index (χ2n) is 3.68. The zero-order valence-electron chi connectivity index (χ0n) is 9.19. The van der Waals surface area contributed by atoms with Gasteiger partial charge in [-0.05, 0) is 38.2 Å². The van der Waals surface area contributed by atoms with E-state index in [-0.39, 0.29) is 0 Å². The van der Waals surface area contributed by atoms with Crippen molar-refractivity contribution in [2.45, 2.75) is 13.8 Å². The summed E-state index contributed by atoms with van der Waals surface area (Å²) in [6.07, 6.45) is 0. The van der Waals surface area contributed by atoms with E-state index in [1.54, 1.807) is 0 Å². The van der Waals surface area contributed by atoms with Crippen molar-refractivity contribution >= 4 is 12.2 Å². The van der Waals surface area contributed by atoms with Gasteiger partial charge in [0.15, 0.2) is 4.77 Å². The molecule has 15 heavy (non-hydrogen) atoms. The Kier molecular flexibility index (Phi) is 2.49. The molecule has 1 heterocycles. The summed E-state index contributed by atoms with van der Waals surface area (Å²) in [5, 5.41) is 0. The molecule has 0 bridgehead atoms. The van der Waals surface area contributed by atoms with Gasteiger partial charge in [-0.1, -0.05) is 18.2 Å². The summed E-state index contributed by atoms with van der Waals surface area (Å²) in [6, 6.07) is 10.2. The molecule has 0 N–H and O–H groups in total. The molecular formula is C12H14N2S. The molecule has 0 fully saturated rings. The summed E-state index contributed by atoms with van der Waals surface area (Å²) < 4.78 is 4.98. The van der Waals surface area contributed by atoms with Crippen molar-refractivity contribution in [3.8, 4) is 5.69 Å². The quantitative estimate of drug-likeness (QED) is 0.668. The first-order valence-electron chi connectivity index (χ1n) is 4.93. The van der Waals surface area contributed by atoms with E-state index in [1.807, 2.05) is 29.8 Å². The maximum absolute atomic E-state index is 5.41. The number of rotatable bonds is 1. The molecule has 1 aromatic heterocycles.